The van der Waals surface area contributed by atoms with E-state index in [0.29, 0.717) is 16.3 Å². The van der Waals surface area contributed by atoms with Gasteiger partial charge >= 0.3 is 0 Å². The molecule has 2 aromatic rings. The van der Waals surface area contributed by atoms with Crippen molar-refractivity contribution in [1.82, 2.24) is 0 Å². The van der Waals surface area contributed by atoms with E-state index in [4.69, 9.17) is 16.3 Å². The maximum Gasteiger partial charge on any atom is 0.168 e. The Morgan fingerprint density at radius 3 is 2.55 bits per heavy atom. The van der Waals surface area contributed by atoms with Crippen LogP contribution in [0.4, 0.5) is 5.69 Å². The Kier molecular flexibility index (Phi) is 5.63. The number of rotatable bonds is 6. The van der Waals surface area contributed by atoms with Gasteiger partial charge in [0.15, 0.2) is 5.78 Å². The van der Waals surface area contributed by atoms with Crippen LogP contribution >= 0.6 is 27.5 Å². The normalized spacial score (nSPS) is 10.1. The predicted octanol–water partition coefficient (Wildman–Crippen LogP) is 5.31. The molecule has 1 N–H and O–H groups in total. The standard InChI is InChI=1S/C17H15BrClNO2/c1-11(20-13-5-8-16(19)15(18)10-13)9-17(21)12-3-6-14(22-2)7-4-12/h3-8,10,20H,1,9H2,2H3. The smallest absolute Gasteiger partial charge is 0.168 e. The van der Waals surface area contributed by atoms with E-state index in [1.807, 2.05) is 12.1 Å². The van der Waals surface area contributed by atoms with Gasteiger partial charge in [-0.15, -0.1) is 0 Å². The van der Waals surface area contributed by atoms with Crippen molar-refractivity contribution in [1.29, 1.82) is 0 Å². The second kappa shape index (κ2) is 7.47. The molecule has 0 saturated carbocycles. The minimum absolute atomic E-state index is 0.00631. The van der Waals surface area contributed by atoms with Crippen molar-refractivity contribution >= 4 is 39.0 Å². The molecule has 114 valence electrons. The van der Waals surface area contributed by atoms with Gasteiger partial charge < -0.3 is 10.1 Å². The molecule has 22 heavy (non-hydrogen) atoms. The Bertz CT molecular complexity index is 698. The van der Waals surface area contributed by atoms with Crippen LogP contribution in [-0.2, 0) is 0 Å². The highest BCUT2D eigenvalue weighted by Gasteiger charge is 2.09. The topological polar surface area (TPSA) is 38.3 Å². The lowest BCUT2D eigenvalue weighted by Crippen LogP contribution is -2.06. The SMILES string of the molecule is C=C(CC(=O)c1ccc(OC)cc1)Nc1ccc(Cl)c(Br)c1. The van der Waals surface area contributed by atoms with Gasteiger partial charge in [0.1, 0.15) is 5.75 Å². The second-order valence-electron chi connectivity index (χ2n) is 4.69. The number of Topliss-reactive ketones (excluding diaryl/α,β-unsaturated/α-hetero) is 1. The van der Waals surface area contributed by atoms with Gasteiger partial charge in [-0.2, -0.15) is 0 Å². The molecule has 2 rings (SSSR count). The van der Waals surface area contributed by atoms with Crippen LogP contribution in [0.5, 0.6) is 5.75 Å². The fourth-order valence-corrected chi connectivity index (χ4v) is 2.39. The van der Waals surface area contributed by atoms with Gasteiger partial charge in [-0.3, -0.25) is 4.79 Å². The molecule has 3 nitrogen and oxygen atoms in total. The summed E-state index contributed by atoms with van der Waals surface area (Å²) in [6.45, 7) is 3.90. The minimum atomic E-state index is -0.00631. The molecule has 0 fully saturated rings. The summed E-state index contributed by atoms with van der Waals surface area (Å²) in [5.74, 6) is 0.715. The van der Waals surface area contributed by atoms with Gasteiger partial charge in [-0.25, -0.2) is 0 Å². The third-order valence-electron chi connectivity index (χ3n) is 3.03. The molecule has 0 aliphatic heterocycles. The number of hydrogen-bond donors (Lipinski definition) is 1. The number of anilines is 1. The van der Waals surface area contributed by atoms with E-state index in [1.165, 1.54) is 0 Å². The lowest BCUT2D eigenvalue weighted by Gasteiger charge is -2.10. The number of carbonyl (C=O) groups excluding carboxylic acids is 1. The fourth-order valence-electron chi connectivity index (χ4n) is 1.89. The quantitative estimate of drug-likeness (QED) is 0.690. The molecule has 0 amide bonds. The largest absolute Gasteiger partial charge is 0.497 e. The summed E-state index contributed by atoms with van der Waals surface area (Å²) >= 11 is 9.30. The first-order valence-corrected chi connectivity index (χ1v) is 7.74. The highest BCUT2D eigenvalue weighted by Crippen LogP contribution is 2.26. The van der Waals surface area contributed by atoms with E-state index in [2.05, 4.69) is 27.8 Å². The third kappa shape index (κ3) is 4.36. The average molecular weight is 381 g/mol. The van der Waals surface area contributed by atoms with Gasteiger partial charge in [0.05, 0.1) is 18.6 Å². The van der Waals surface area contributed by atoms with E-state index < -0.39 is 0 Å². The van der Waals surface area contributed by atoms with Crippen molar-refractivity contribution in [2.75, 3.05) is 12.4 Å². The van der Waals surface area contributed by atoms with Gasteiger partial charge in [-0.05, 0) is 58.4 Å². The predicted molar refractivity (Wildman–Crippen MR) is 93.9 cm³/mol. The number of nitrogens with one attached hydrogen (secondary N) is 1. The Labute approximate surface area is 143 Å². The van der Waals surface area contributed by atoms with Crippen LogP contribution in [0.1, 0.15) is 16.8 Å². The van der Waals surface area contributed by atoms with Crippen molar-refractivity contribution in [2.24, 2.45) is 0 Å². The van der Waals surface area contributed by atoms with Crippen LogP contribution in [-0.4, -0.2) is 12.9 Å². The van der Waals surface area contributed by atoms with Crippen molar-refractivity contribution in [3.63, 3.8) is 0 Å². The summed E-state index contributed by atoms with van der Waals surface area (Å²) < 4.78 is 5.86. The van der Waals surface area contributed by atoms with Crippen LogP contribution in [0.3, 0.4) is 0 Å². The summed E-state index contributed by atoms with van der Waals surface area (Å²) in [7, 11) is 1.59. The van der Waals surface area contributed by atoms with Gasteiger partial charge in [0, 0.05) is 21.4 Å². The molecular formula is C17H15BrClNO2. The van der Waals surface area contributed by atoms with Crippen molar-refractivity contribution in [2.45, 2.75) is 6.42 Å². The molecule has 0 saturated heterocycles. The lowest BCUT2D eigenvalue weighted by atomic mass is 10.1. The summed E-state index contributed by atoms with van der Waals surface area (Å²) in [5.41, 5.74) is 2.07. The lowest BCUT2D eigenvalue weighted by molar-refractivity contribution is 0.0993. The zero-order chi connectivity index (χ0) is 16.1. The molecule has 0 bridgehead atoms. The fraction of sp³-hybridized carbons (Fsp3) is 0.118. The van der Waals surface area contributed by atoms with Crippen molar-refractivity contribution < 1.29 is 9.53 Å². The average Bonchev–Trinajstić information content (AvgIpc) is 2.51. The van der Waals surface area contributed by atoms with Gasteiger partial charge in [0.25, 0.3) is 0 Å². The van der Waals surface area contributed by atoms with Crippen molar-refractivity contribution in [3.8, 4) is 5.75 Å². The van der Waals surface area contributed by atoms with E-state index in [1.54, 1.807) is 37.4 Å². The number of benzene rings is 2. The molecular weight excluding hydrogens is 366 g/mol. The van der Waals surface area contributed by atoms with E-state index in [0.717, 1.165) is 15.9 Å². The zero-order valence-corrected chi connectivity index (χ0v) is 14.4. The van der Waals surface area contributed by atoms with Crippen LogP contribution < -0.4 is 10.1 Å². The maximum absolute atomic E-state index is 12.2. The Balaban J connectivity index is 1.98. The first-order valence-electron chi connectivity index (χ1n) is 6.56. The molecule has 0 spiro atoms. The zero-order valence-electron chi connectivity index (χ0n) is 12.0. The number of allylic oxidation sites excluding steroid dienone is 1. The summed E-state index contributed by atoms with van der Waals surface area (Å²) in [4.78, 5) is 12.2. The Morgan fingerprint density at radius 2 is 1.95 bits per heavy atom. The van der Waals surface area contributed by atoms with Crippen LogP contribution in [0.2, 0.25) is 5.02 Å². The Morgan fingerprint density at radius 1 is 1.27 bits per heavy atom. The number of hydrogen-bond acceptors (Lipinski definition) is 3. The van der Waals surface area contributed by atoms with E-state index >= 15 is 0 Å². The number of ketones is 1. The number of carbonyl (C=O) groups is 1. The highest BCUT2D eigenvalue weighted by molar-refractivity contribution is 9.10. The molecule has 0 aliphatic rings. The summed E-state index contributed by atoms with van der Waals surface area (Å²) in [5, 5.41) is 3.73. The number of ether oxygens (including phenoxy) is 1. The molecule has 5 heteroatoms. The molecule has 0 aromatic heterocycles. The maximum atomic E-state index is 12.2. The van der Waals surface area contributed by atoms with E-state index in [9.17, 15) is 4.79 Å². The third-order valence-corrected chi connectivity index (χ3v) is 4.24. The molecule has 0 atom stereocenters. The minimum Gasteiger partial charge on any atom is -0.497 e. The number of methoxy groups -OCH3 is 1. The molecule has 0 unspecified atom stereocenters. The molecule has 0 heterocycles. The number of halogens is 2. The highest BCUT2D eigenvalue weighted by atomic mass is 79.9. The van der Waals surface area contributed by atoms with Gasteiger partial charge in [0.2, 0.25) is 0 Å². The van der Waals surface area contributed by atoms with Gasteiger partial charge in [-0.1, -0.05) is 18.2 Å². The second-order valence-corrected chi connectivity index (χ2v) is 5.95. The van der Waals surface area contributed by atoms with Crippen LogP contribution in [0, 0.1) is 0 Å². The Hall–Kier alpha value is -1.78. The van der Waals surface area contributed by atoms with E-state index in [-0.39, 0.29) is 12.2 Å². The van der Waals surface area contributed by atoms with Crippen molar-refractivity contribution in [3.05, 3.63) is 69.8 Å². The molecule has 0 radical (unpaired) electrons. The molecule has 2 aromatic carbocycles. The van der Waals surface area contributed by atoms with Crippen LogP contribution in [0.15, 0.2) is 59.2 Å². The summed E-state index contributed by atoms with van der Waals surface area (Å²) in [6, 6.07) is 12.5. The first kappa shape index (κ1) is 16.6. The van der Waals surface area contributed by atoms with Crippen LogP contribution in [0.25, 0.3) is 0 Å². The monoisotopic (exact) mass is 379 g/mol. The first-order chi connectivity index (χ1) is 10.5. The molecule has 0 aliphatic carbocycles. The summed E-state index contributed by atoms with van der Waals surface area (Å²) in [6.07, 6.45) is 0.215.